The van der Waals surface area contributed by atoms with Gasteiger partial charge in [0.25, 0.3) is 5.91 Å². The Labute approximate surface area is 135 Å². The molecule has 7 heteroatoms. The molecule has 0 fully saturated rings. The number of carbonyl (C=O) groups excluding carboxylic acids is 3. The van der Waals surface area contributed by atoms with E-state index in [1.54, 1.807) is 13.8 Å². The zero-order chi connectivity index (χ0) is 17.4. The summed E-state index contributed by atoms with van der Waals surface area (Å²) in [5, 5.41) is 2.44. The minimum Gasteiger partial charge on any atom is -0.451 e. The predicted molar refractivity (Wildman–Crippen MR) is 83.1 cm³/mol. The zero-order valence-corrected chi connectivity index (χ0v) is 13.4. The Bertz CT molecular complexity index is 545. The summed E-state index contributed by atoms with van der Waals surface area (Å²) in [6.07, 6.45) is -1.80. The first-order chi connectivity index (χ1) is 10.8. The summed E-state index contributed by atoms with van der Waals surface area (Å²) in [6.45, 7) is 4.92. The van der Waals surface area contributed by atoms with Gasteiger partial charge in [0.15, 0.2) is 6.10 Å². The van der Waals surface area contributed by atoms with Crippen molar-refractivity contribution in [1.82, 2.24) is 5.32 Å². The van der Waals surface area contributed by atoms with E-state index in [1.165, 1.54) is 6.92 Å². The summed E-state index contributed by atoms with van der Waals surface area (Å²) < 4.78 is 9.98. The summed E-state index contributed by atoms with van der Waals surface area (Å²) in [4.78, 5) is 34.8. The largest absolute Gasteiger partial charge is 0.451 e. The van der Waals surface area contributed by atoms with Gasteiger partial charge in [-0.1, -0.05) is 44.2 Å². The van der Waals surface area contributed by atoms with E-state index in [0.29, 0.717) is 0 Å². The second-order valence-corrected chi connectivity index (χ2v) is 5.41. The summed E-state index contributed by atoms with van der Waals surface area (Å²) >= 11 is 0. The Balaban J connectivity index is 2.56. The Morgan fingerprint density at radius 1 is 1.13 bits per heavy atom. The smallest absolute Gasteiger partial charge is 0.408 e. The number of nitrogens with one attached hydrogen (secondary N) is 1. The van der Waals surface area contributed by atoms with Crippen LogP contribution in [0.2, 0.25) is 0 Å². The van der Waals surface area contributed by atoms with Crippen LogP contribution < -0.4 is 11.1 Å². The molecule has 2 atom stereocenters. The molecule has 1 aromatic rings. The molecule has 1 aromatic carbocycles. The summed E-state index contributed by atoms with van der Waals surface area (Å²) in [6, 6.07) is 8.21. The van der Waals surface area contributed by atoms with Gasteiger partial charge in [-0.05, 0) is 18.4 Å². The van der Waals surface area contributed by atoms with Gasteiger partial charge in [0, 0.05) is 0 Å². The van der Waals surface area contributed by atoms with Crippen molar-refractivity contribution >= 4 is 18.0 Å². The fourth-order valence-corrected chi connectivity index (χ4v) is 1.70. The Kier molecular flexibility index (Phi) is 7.05. The van der Waals surface area contributed by atoms with Crippen LogP contribution in [0, 0.1) is 5.92 Å². The van der Waals surface area contributed by atoms with E-state index >= 15 is 0 Å². The lowest BCUT2D eigenvalue weighted by atomic mass is 10.1. The molecule has 1 rings (SSSR count). The first kappa shape index (κ1) is 18.5. The number of nitrogens with two attached hydrogens (primary N) is 1. The van der Waals surface area contributed by atoms with Crippen molar-refractivity contribution in [2.24, 2.45) is 11.7 Å². The molecule has 0 saturated carbocycles. The molecule has 0 bridgehead atoms. The van der Waals surface area contributed by atoms with Crippen LogP contribution in [0.4, 0.5) is 4.79 Å². The highest BCUT2D eigenvalue weighted by Crippen LogP contribution is 2.07. The predicted octanol–water partition coefficient (Wildman–Crippen LogP) is 1.35. The molecule has 2 amide bonds. The highest BCUT2D eigenvalue weighted by molar-refractivity contribution is 5.85. The van der Waals surface area contributed by atoms with Gasteiger partial charge in [0.05, 0.1) is 0 Å². The third-order valence-corrected chi connectivity index (χ3v) is 3.10. The van der Waals surface area contributed by atoms with Crippen molar-refractivity contribution in [3.05, 3.63) is 35.9 Å². The average molecular weight is 322 g/mol. The Morgan fingerprint density at radius 3 is 2.26 bits per heavy atom. The van der Waals surface area contributed by atoms with Gasteiger partial charge >= 0.3 is 12.1 Å². The topological polar surface area (TPSA) is 108 Å². The van der Waals surface area contributed by atoms with Crippen molar-refractivity contribution in [2.75, 3.05) is 0 Å². The third kappa shape index (κ3) is 6.37. The molecule has 3 N–H and O–H groups in total. The molecular weight excluding hydrogens is 300 g/mol. The number of carbonyl (C=O) groups is 3. The first-order valence-corrected chi connectivity index (χ1v) is 7.28. The zero-order valence-electron chi connectivity index (χ0n) is 13.4. The summed E-state index contributed by atoms with van der Waals surface area (Å²) in [7, 11) is 0. The van der Waals surface area contributed by atoms with Crippen LogP contribution in [-0.2, 0) is 25.7 Å². The SMILES string of the molecule is CC(C)[C@H](NC(=O)OCc1ccccc1)C(=O)O[C@H](C)C(N)=O. The molecule has 0 aliphatic heterocycles. The maximum Gasteiger partial charge on any atom is 0.408 e. The van der Waals surface area contributed by atoms with Crippen LogP contribution >= 0.6 is 0 Å². The molecule has 0 heterocycles. The molecule has 126 valence electrons. The minimum atomic E-state index is -1.06. The van der Waals surface area contributed by atoms with E-state index in [-0.39, 0.29) is 12.5 Å². The van der Waals surface area contributed by atoms with Crippen molar-refractivity contribution in [2.45, 2.75) is 39.5 Å². The number of hydrogen-bond acceptors (Lipinski definition) is 5. The normalized spacial score (nSPS) is 13.0. The van der Waals surface area contributed by atoms with Gasteiger partial charge in [-0.3, -0.25) is 4.79 Å². The summed E-state index contributed by atoms with van der Waals surface area (Å²) in [5.74, 6) is -1.73. The second kappa shape index (κ2) is 8.77. The fraction of sp³-hybridized carbons (Fsp3) is 0.438. The lowest BCUT2D eigenvalue weighted by Gasteiger charge is -2.22. The monoisotopic (exact) mass is 322 g/mol. The minimum absolute atomic E-state index is 0.0875. The molecule has 7 nitrogen and oxygen atoms in total. The average Bonchev–Trinajstić information content (AvgIpc) is 2.51. The molecule has 0 aliphatic rings. The van der Waals surface area contributed by atoms with Crippen molar-refractivity contribution in [1.29, 1.82) is 0 Å². The Hall–Kier alpha value is -2.57. The fourth-order valence-electron chi connectivity index (χ4n) is 1.70. The van der Waals surface area contributed by atoms with Crippen LogP contribution in [0.3, 0.4) is 0 Å². The number of alkyl carbamates (subject to hydrolysis) is 1. The molecule has 0 aromatic heterocycles. The lowest BCUT2D eigenvalue weighted by Crippen LogP contribution is -2.47. The number of benzene rings is 1. The van der Waals surface area contributed by atoms with Crippen molar-refractivity contribution in [3.63, 3.8) is 0 Å². The number of esters is 1. The highest BCUT2D eigenvalue weighted by atomic mass is 16.6. The second-order valence-electron chi connectivity index (χ2n) is 5.41. The Morgan fingerprint density at radius 2 is 1.74 bits per heavy atom. The molecule has 0 aliphatic carbocycles. The van der Waals surface area contributed by atoms with Gasteiger partial charge in [0.2, 0.25) is 0 Å². The first-order valence-electron chi connectivity index (χ1n) is 7.28. The molecule has 23 heavy (non-hydrogen) atoms. The van der Waals surface area contributed by atoms with Gasteiger partial charge < -0.3 is 20.5 Å². The number of amides is 2. The van der Waals surface area contributed by atoms with Gasteiger partial charge in [0.1, 0.15) is 12.6 Å². The van der Waals surface area contributed by atoms with Crippen LogP contribution in [0.15, 0.2) is 30.3 Å². The van der Waals surface area contributed by atoms with Gasteiger partial charge in [-0.25, -0.2) is 9.59 Å². The van der Waals surface area contributed by atoms with Gasteiger partial charge in [-0.2, -0.15) is 0 Å². The standard InChI is InChI=1S/C16H22N2O5/c1-10(2)13(15(20)23-11(3)14(17)19)18-16(21)22-9-12-7-5-4-6-8-12/h4-8,10-11,13H,9H2,1-3H3,(H2,17,19)(H,18,21)/t11-,13+/m1/s1. The molecule has 0 unspecified atom stereocenters. The number of ether oxygens (including phenoxy) is 2. The van der Waals surface area contributed by atoms with Crippen LogP contribution in [0.1, 0.15) is 26.3 Å². The van der Waals surface area contributed by atoms with Crippen LogP contribution in [-0.4, -0.2) is 30.1 Å². The van der Waals surface area contributed by atoms with E-state index < -0.39 is 30.1 Å². The van der Waals surface area contributed by atoms with E-state index in [9.17, 15) is 14.4 Å². The maximum atomic E-state index is 12.0. The number of hydrogen-bond donors (Lipinski definition) is 2. The van der Waals surface area contributed by atoms with E-state index in [2.05, 4.69) is 5.32 Å². The van der Waals surface area contributed by atoms with E-state index in [1.807, 2.05) is 30.3 Å². The van der Waals surface area contributed by atoms with Gasteiger partial charge in [-0.15, -0.1) is 0 Å². The molecule has 0 radical (unpaired) electrons. The molecule has 0 spiro atoms. The van der Waals surface area contributed by atoms with Crippen LogP contribution in [0.5, 0.6) is 0 Å². The van der Waals surface area contributed by atoms with Crippen molar-refractivity contribution in [3.8, 4) is 0 Å². The number of primary amides is 1. The lowest BCUT2D eigenvalue weighted by molar-refractivity contribution is -0.156. The van der Waals surface area contributed by atoms with E-state index in [4.69, 9.17) is 15.2 Å². The van der Waals surface area contributed by atoms with Crippen molar-refractivity contribution < 1.29 is 23.9 Å². The summed E-state index contributed by atoms with van der Waals surface area (Å²) in [5.41, 5.74) is 5.87. The van der Waals surface area contributed by atoms with Crippen LogP contribution in [0.25, 0.3) is 0 Å². The maximum absolute atomic E-state index is 12.0. The molecular formula is C16H22N2O5. The molecule has 0 saturated heterocycles. The quantitative estimate of drug-likeness (QED) is 0.737. The highest BCUT2D eigenvalue weighted by Gasteiger charge is 2.28. The van der Waals surface area contributed by atoms with E-state index in [0.717, 1.165) is 5.56 Å². The number of rotatable bonds is 7. The third-order valence-electron chi connectivity index (χ3n) is 3.10.